The summed E-state index contributed by atoms with van der Waals surface area (Å²) in [4.78, 5) is 17.0. The van der Waals surface area contributed by atoms with Gasteiger partial charge >= 0.3 is 0 Å². The molecule has 0 saturated heterocycles. The Kier molecular flexibility index (Phi) is 3.33. The fourth-order valence-electron chi connectivity index (χ4n) is 2.72. The number of pyridine rings is 2. The quantitative estimate of drug-likeness (QED) is 0.761. The van der Waals surface area contributed by atoms with Gasteiger partial charge in [-0.1, -0.05) is 18.2 Å². The van der Waals surface area contributed by atoms with E-state index in [1.807, 2.05) is 19.9 Å². The van der Waals surface area contributed by atoms with Gasteiger partial charge in [-0.15, -0.1) is 0 Å². The highest BCUT2D eigenvalue weighted by atomic mass is 16.3. The molecule has 0 radical (unpaired) electrons. The van der Waals surface area contributed by atoms with Crippen molar-refractivity contribution in [3.63, 3.8) is 0 Å². The number of rotatable bonds is 2. The van der Waals surface area contributed by atoms with Crippen LogP contribution in [0.3, 0.4) is 0 Å². The van der Waals surface area contributed by atoms with Gasteiger partial charge in [-0.05, 0) is 32.0 Å². The average Bonchev–Trinajstić information content (AvgIpc) is 2.49. The van der Waals surface area contributed by atoms with E-state index in [0.29, 0.717) is 16.8 Å². The van der Waals surface area contributed by atoms with Crippen LogP contribution in [0.4, 0.5) is 5.69 Å². The Balaban J connectivity index is 2.53. The molecule has 3 rings (SSSR count). The molecule has 0 amide bonds. The first kappa shape index (κ1) is 14.1. The average molecular weight is 295 g/mol. The molecule has 112 valence electrons. The molecule has 0 unspecified atom stereocenters. The molecule has 0 fully saturated rings. The first-order chi connectivity index (χ1) is 10.5. The molecule has 2 heterocycles. The standard InChI is InChI=1S/C17H17N3O2/c1-10(2)20-16-12(7-5-9-19-16)14(15(18)17(20)22)11-6-3-4-8-13(11)21/h3-10,21H,18H2,1-2H3. The Labute approximate surface area is 127 Å². The van der Waals surface area contributed by atoms with Crippen molar-refractivity contribution < 1.29 is 5.11 Å². The number of anilines is 1. The van der Waals surface area contributed by atoms with Gasteiger partial charge in [0.25, 0.3) is 5.56 Å². The number of para-hydroxylation sites is 1. The second kappa shape index (κ2) is 5.18. The van der Waals surface area contributed by atoms with E-state index in [2.05, 4.69) is 4.98 Å². The monoisotopic (exact) mass is 295 g/mol. The molecule has 0 aliphatic carbocycles. The summed E-state index contributed by atoms with van der Waals surface area (Å²) in [5.74, 6) is 0.0843. The van der Waals surface area contributed by atoms with Crippen LogP contribution in [0.15, 0.2) is 47.4 Å². The van der Waals surface area contributed by atoms with E-state index < -0.39 is 0 Å². The zero-order valence-electron chi connectivity index (χ0n) is 12.4. The summed E-state index contributed by atoms with van der Waals surface area (Å²) in [7, 11) is 0. The van der Waals surface area contributed by atoms with Gasteiger partial charge in [0.1, 0.15) is 17.1 Å². The van der Waals surface area contributed by atoms with Crippen LogP contribution in [0.1, 0.15) is 19.9 Å². The van der Waals surface area contributed by atoms with E-state index in [-0.39, 0.29) is 23.0 Å². The topological polar surface area (TPSA) is 81.1 Å². The Morgan fingerprint density at radius 3 is 2.59 bits per heavy atom. The van der Waals surface area contributed by atoms with Gasteiger partial charge in [-0.25, -0.2) is 4.98 Å². The summed E-state index contributed by atoms with van der Waals surface area (Å²) in [6.45, 7) is 3.82. The predicted octanol–water partition coefficient (Wildman–Crippen LogP) is 2.93. The van der Waals surface area contributed by atoms with Crippen LogP contribution in [-0.4, -0.2) is 14.7 Å². The van der Waals surface area contributed by atoms with Gasteiger partial charge in [0.05, 0.1) is 0 Å². The van der Waals surface area contributed by atoms with Crippen molar-refractivity contribution in [2.45, 2.75) is 19.9 Å². The highest BCUT2D eigenvalue weighted by Gasteiger charge is 2.19. The summed E-state index contributed by atoms with van der Waals surface area (Å²) in [6.07, 6.45) is 1.64. The van der Waals surface area contributed by atoms with E-state index in [0.717, 1.165) is 5.39 Å². The van der Waals surface area contributed by atoms with Crippen LogP contribution in [0, 0.1) is 0 Å². The van der Waals surface area contributed by atoms with Crippen molar-refractivity contribution in [3.8, 4) is 16.9 Å². The minimum atomic E-state index is -0.292. The molecule has 5 heteroatoms. The van der Waals surface area contributed by atoms with Gasteiger partial charge < -0.3 is 10.8 Å². The summed E-state index contributed by atoms with van der Waals surface area (Å²) < 4.78 is 1.58. The van der Waals surface area contributed by atoms with Crippen molar-refractivity contribution in [3.05, 3.63) is 52.9 Å². The van der Waals surface area contributed by atoms with Crippen molar-refractivity contribution in [2.75, 3.05) is 5.73 Å². The minimum absolute atomic E-state index is 0.0642. The summed E-state index contributed by atoms with van der Waals surface area (Å²) >= 11 is 0. The molecule has 3 aromatic rings. The van der Waals surface area contributed by atoms with Crippen LogP contribution < -0.4 is 11.3 Å². The van der Waals surface area contributed by atoms with Crippen LogP contribution in [0.5, 0.6) is 5.75 Å². The number of nitrogens with two attached hydrogens (primary N) is 1. The molecular weight excluding hydrogens is 278 g/mol. The second-order valence-electron chi connectivity index (χ2n) is 5.45. The number of fused-ring (bicyclic) bond motifs is 1. The van der Waals surface area contributed by atoms with E-state index in [9.17, 15) is 9.90 Å². The molecule has 1 aromatic carbocycles. The SMILES string of the molecule is CC(C)n1c(=O)c(N)c(-c2ccccc2O)c2cccnc21. The number of nitrogen functional groups attached to an aromatic ring is 1. The molecule has 0 aliphatic rings. The molecule has 0 atom stereocenters. The zero-order chi connectivity index (χ0) is 15.9. The lowest BCUT2D eigenvalue weighted by atomic mass is 9.99. The maximum Gasteiger partial charge on any atom is 0.276 e. The molecule has 22 heavy (non-hydrogen) atoms. The maximum atomic E-state index is 12.6. The first-order valence-electron chi connectivity index (χ1n) is 7.09. The van der Waals surface area contributed by atoms with E-state index in [1.165, 1.54) is 0 Å². The third-order valence-electron chi connectivity index (χ3n) is 3.69. The molecule has 2 aromatic heterocycles. The third-order valence-corrected chi connectivity index (χ3v) is 3.69. The van der Waals surface area contributed by atoms with Gasteiger partial charge in [0.2, 0.25) is 0 Å². The lowest BCUT2D eigenvalue weighted by Gasteiger charge is -2.18. The molecule has 0 saturated carbocycles. The lowest BCUT2D eigenvalue weighted by molar-refractivity contribution is 0.477. The second-order valence-corrected chi connectivity index (χ2v) is 5.45. The number of nitrogens with zero attached hydrogens (tertiary/aromatic N) is 2. The van der Waals surface area contributed by atoms with Crippen LogP contribution in [-0.2, 0) is 0 Å². The van der Waals surface area contributed by atoms with Gasteiger partial charge in [0.15, 0.2) is 0 Å². The molecule has 0 spiro atoms. The van der Waals surface area contributed by atoms with Crippen molar-refractivity contribution >= 4 is 16.7 Å². The number of hydrogen-bond acceptors (Lipinski definition) is 4. The minimum Gasteiger partial charge on any atom is -0.507 e. The number of phenols is 1. The Morgan fingerprint density at radius 1 is 1.18 bits per heavy atom. The Hall–Kier alpha value is -2.82. The zero-order valence-corrected chi connectivity index (χ0v) is 12.4. The van der Waals surface area contributed by atoms with Gasteiger partial charge in [0, 0.05) is 28.8 Å². The predicted molar refractivity (Wildman–Crippen MR) is 87.9 cm³/mol. The largest absolute Gasteiger partial charge is 0.507 e. The highest BCUT2D eigenvalue weighted by molar-refractivity contribution is 6.00. The fourth-order valence-corrected chi connectivity index (χ4v) is 2.72. The Bertz CT molecular complexity index is 913. The molecule has 3 N–H and O–H groups in total. The smallest absolute Gasteiger partial charge is 0.276 e. The molecule has 0 aliphatic heterocycles. The third kappa shape index (κ3) is 2.02. The number of aromatic hydroxyl groups is 1. The summed E-state index contributed by atoms with van der Waals surface area (Å²) in [6, 6.07) is 10.4. The van der Waals surface area contributed by atoms with Crippen molar-refractivity contribution in [2.24, 2.45) is 0 Å². The van der Waals surface area contributed by atoms with E-state index in [1.54, 1.807) is 41.1 Å². The number of aromatic nitrogens is 2. The lowest BCUT2D eigenvalue weighted by Crippen LogP contribution is -2.26. The van der Waals surface area contributed by atoms with Crippen LogP contribution in [0.2, 0.25) is 0 Å². The van der Waals surface area contributed by atoms with Crippen molar-refractivity contribution in [1.82, 2.24) is 9.55 Å². The van der Waals surface area contributed by atoms with Gasteiger partial charge in [-0.3, -0.25) is 9.36 Å². The van der Waals surface area contributed by atoms with E-state index >= 15 is 0 Å². The van der Waals surface area contributed by atoms with Crippen LogP contribution in [0.25, 0.3) is 22.2 Å². The molecular formula is C17H17N3O2. The van der Waals surface area contributed by atoms with E-state index in [4.69, 9.17) is 5.73 Å². The van der Waals surface area contributed by atoms with Gasteiger partial charge in [-0.2, -0.15) is 0 Å². The summed E-state index contributed by atoms with van der Waals surface area (Å²) in [5.41, 5.74) is 7.57. The maximum absolute atomic E-state index is 12.6. The fraction of sp³-hybridized carbons (Fsp3) is 0.176. The Morgan fingerprint density at radius 2 is 1.91 bits per heavy atom. The molecule has 0 bridgehead atoms. The normalized spacial score (nSPS) is 11.2. The molecule has 5 nitrogen and oxygen atoms in total. The number of phenolic OH excluding ortho intramolecular Hbond substituents is 1. The van der Waals surface area contributed by atoms with Crippen molar-refractivity contribution in [1.29, 1.82) is 0 Å². The summed E-state index contributed by atoms with van der Waals surface area (Å²) in [5, 5.41) is 10.9. The first-order valence-corrected chi connectivity index (χ1v) is 7.09. The van der Waals surface area contributed by atoms with Crippen LogP contribution >= 0.6 is 0 Å². The number of benzene rings is 1. The highest BCUT2D eigenvalue weighted by Crippen LogP contribution is 2.36. The number of hydrogen-bond donors (Lipinski definition) is 2.